The number of carbonyl (C=O) groups excluding carboxylic acids is 2. The maximum Gasteiger partial charge on any atom is 0.326 e. The van der Waals surface area contributed by atoms with Crippen molar-refractivity contribution in [3.8, 4) is 5.75 Å². The van der Waals surface area contributed by atoms with Crippen molar-refractivity contribution in [2.75, 3.05) is 53.4 Å². The lowest BCUT2D eigenvalue weighted by Crippen LogP contribution is -2.59. The molecular weight excluding hydrogens is 683 g/mol. The number of aliphatic imine (C=N–C) groups is 1. The van der Waals surface area contributed by atoms with Gasteiger partial charge < -0.3 is 19.8 Å². The van der Waals surface area contributed by atoms with Gasteiger partial charge >= 0.3 is 6.03 Å². The molecule has 0 spiro atoms. The maximum absolute atomic E-state index is 15.2. The number of urea groups is 1. The Balaban J connectivity index is 1.55. The van der Waals surface area contributed by atoms with Crippen LogP contribution in [0.3, 0.4) is 0 Å². The van der Waals surface area contributed by atoms with Gasteiger partial charge in [0.15, 0.2) is 0 Å². The second kappa shape index (κ2) is 15.9. The number of amides is 3. The molecule has 0 unspecified atom stereocenters. The Morgan fingerprint density at radius 1 is 0.922 bits per heavy atom. The molecule has 3 heterocycles. The van der Waals surface area contributed by atoms with Crippen LogP contribution < -0.4 is 0 Å². The molecule has 2 fully saturated rings. The van der Waals surface area contributed by atoms with E-state index in [9.17, 15) is 9.90 Å². The summed E-state index contributed by atoms with van der Waals surface area (Å²) in [6.45, 7) is 14.5. The lowest BCUT2D eigenvalue weighted by Gasteiger charge is -2.48. The molecule has 9 nitrogen and oxygen atoms in total. The molecule has 3 aromatic rings. The van der Waals surface area contributed by atoms with Crippen molar-refractivity contribution in [3.63, 3.8) is 0 Å². The van der Waals surface area contributed by atoms with Crippen molar-refractivity contribution in [2.45, 2.75) is 70.8 Å². The molecule has 0 bridgehead atoms. The molecule has 0 saturated carbocycles. The third-order valence-corrected chi connectivity index (χ3v) is 11.3. The zero-order valence-electron chi connectivity index (χ0n) is 31.0. The number of hydrogen-bond acceptors (Lipinski definition) is 6. The minimum absolute atomic E-state index is 0.00736. The normalized spacial score (nSPS) is 18.3. The molecule has 2 atom stereocenters. The molecule has 11 heteroatoms. The van der Waals surface area contributed by atoms with Crippen molar-refractivity contribution in [2.24, 2.45) is 10.9 Å². The van der Waals surface area contributed by atoms with Gasteiger partial charge in [-0.1, -0.05) is 75.2 Å². The van der Waals surface area contributed by atoms with Gasteiger partial charge in [-0.2, -0.15) is 0 Å². The quantitative estimate of drug-likeness (QED) is 0.198. The summed E-state index contributed by atoms with van der Waals surface area (Å²) in [4.78, 5) is 45.7. The Labute approximate surface area is 313 Å². The minimum Gasteiger partial charge on any atom is -0.507 e. The fourth-order valence-electron chi connectivity index (χ4n) is 7.22. The first kappa shape index (κ1) is 38.6. The van der Waals surface area contributed by atoms with Crippen LogP contribution in [0.15, 0.2) is 65.8 Å². The van der Waals surface area contributed by atoms with Crippen molar-refractivity contribution in [1.82, 2.24) is 24.6 Å². The number of nitrogens with zero attached hydrogens (tertiary/aromatic N) is 6. The molecule has 51 heavy (non-hydrogen) atoms. The van der Waals surface area contributed by atoms with Gasteiger partial charge in [-0.3, -0.25) is 19.7 Å². The fourth-order valence-corrected chi connectivity index (χ4v) is 7.47. The largest absolute Gasteiger partial charge is 0.507 e. The number of aromatic hydroxyl groups is 1. The number of carbonyl (C=O) groups is 2. The molecule has 0 aliphatic carbocycles. The molecular formula is C40H52Cl2N6O3. The van der Waals surface area contributed by atoms with Crippen LogP contribution in [0.1, 0.15) is 82.2 Å². The number of halogens is 2. The Morgan fingerprint density at radius 3 is 2.02 bits per heavy atom. The Bertz CT molecular complexity index is 1710. The predicted octanol–water partition coefficient (Wildman–Crippen LogP) is 7.79. The highest BCUT2D eigenvalue weighted by Gasteiger charge is 2.47. The summed E-state index contributed by atoms with van der Waals surface area (Å²) in [5, 5.41) is 12.8. The summed E-state index contributed by atoms with van der Waals surface area (Å²) in [5.74, 6) is 0.411. The van der Waals surface area contributed by atoms with Gasteiger partial charge in [-0.05, 0) is 68.1 Å². The molecule has 0 radical (unpaired) electrons. The average molecular weight is 736 g/mol. The maximum atomic E-state index is 15.2. The topological polar surface area (TPSA) is 92.6 Å². The van der Waals surface area contributed by atoms with E-state index in [1.807, 2.05) is 86.0 Å². The van der Waals surface area contributed by atoms with E-state index in [2.05, 4.69) is 18.9 Å². The van der Waals surface area contributed by atoms with Crippen molar-refractivity contribution in [1.29, 1.82) is 0 Å². The van der Waals surface area contributed by atoms with E-state index in [0.29, 0.717) is 41.0 Å². The molecule has 2 saturated heterocycles. The number of hydrogen-bond donors (Lipinski definition) is 1. The zero-order chi connectivity index (χ0) is 37.1. The average Bonchev–Trinajstić information content (AvgIpc) is 3.10. The SMILES string of the molecule is C/N=C(/c1cnc(C(C)(C)C)cc1O)N(C(=O)N1CCC(CC(=O)N2CCN(C)CC2)CC1)[C@](C)(c1ccc(Cl)cc1)[C@H](C)c1ccc(Cl)cc1. The third-order valence-electron chi connectivity index (χ3n) is 10.8. The zero-order valence-corrected chi connectivity index (χ0v) is 32.5. The van der Waals surface area contributed by atoms with Gasteiger partial charge in [0.05, 0.1) is 11.1 Å². The van der Waals surface area contributed by atoms with Gasteiger partial charge in [0.1, 0.15) is 11.6 Å². The van der Waals surface area contributed by atoms with Crippen LogP contribution in [0.4, 0.5) is 4.79 Å². The second-order valence-electron chi connectivity index (χ2n) is 15.2. The van der Waals surface area contributed by atoms with E-state index < -0.39 is 5.54 Å². The second-order valence-corrected chi connectivity index (χ2v) is 16.1. The van der Waals surface area contributed by atoms with Gasteiger partial charge in [0.2, 0.25) is 5.91 Å². The summed E-state index contributed by atoms with van der Waals surface area (Å²) in [7, 11) is 3.72. The van der Waals surface area contributed by atoms with E-state index in [0.717, 1.165) is 55.8 Å². The van der Waals surface area contributed by atoms with Gasteiger partial charge in [-0.25, -0.2) is 4.79 Å². The molecule has 2 aliphatic heterocycles. The highest BCUT2D eigenvalue weighted by Crippen LogP contribution is 2.45. The number of aromatic nitrogens is 1. The summed E-state index contributed by atoms with van der Waals surface area (Å²) < 4.78 is 0. The number of piperazine rings is 1. The number of piperidine rings is 1. The summed E-state index contributed by atoms with van der Waals surface area (Å²) in [5.41, 5.74) is 1.56. The predicted molar refractivity (Wildman–Crippen MR) is 206 cm³/mol. The van der Waals surface area contributed by atoms with Crippen LogP contribution >= 0.6 is 23.2 Å². The minimum atomic E-state index is -1.03. The van der Waals surface area contributed by atoms with Crippen LogP contribution in [0.5, 0.6) is 5.75 Å². The number of benzene rings is 2. The van der Waals surface area contributed by atoms with E-state index in [4.69, 9.17) is 33.2 Å². The standard InChI is InChI=1S/C40H52Cl2N6O3/c1-27(29-8-12-31(41)13-9-29)40(5,30-10-14-32(42)15-11-30)48(37(43-6)33-26-44-35(25-34(33)49)39(2,3)4)38(51)47-18-16-28(17-19-47)24-36(50)46-22-20-45(7)21-23-46/h8-15,25-28H,16-24H2,1-7H3,(H,44,49)/b43-37-/t27-,40+/m1/s1. The molecule has 1 aromatic heterocycles. The van der Waals surface area contributed by atoms with Gasteiger partial charge in [0.25, 0.3) is 0 Å². The number of rotatable bonds is 7. The fraction of sp³-hybridized carbons (Fsp3) is 0.500. The van der Waals surface area contributed by atoms with E-state index in [1.54, 1.807) is 24.2 Å². The van der Waals surface area contributed by atoms with Crippen LogP contribution in [0, 0.1) is 5.92 Å². The summed E-state index contributed by atoms with van der Waals surface area (Å²) in [6, 6.07) is 16.6. The first-order valence-corrected chi connectivity index (χ1v) is 18.6. The first-order valence-electron chi connectivity index (χ1n) is 17.9. The first-order chi connectivity index (χ1) is 24.1. The molecule has 2 aromatic carbocycles. The van der Waals surface area contributed by atoms with Crippen LogP contribution in [0.25, 0.3) is 0 Å². The van der Waals surface area contributed by atoms with Crippen LogP contribution in [-0.4, -0.2) is 101 Å². The van der Waals surface area contributed by atoms with Gasteiger partial charge in [-0.15, -0.1) is 0 Å². The Morgan fingerprint density at radius 2 is 1.49 bits per heavy atom. The monoisotopic (exact) mass is 734 g/mol. The molecule has 1 N–H and O–H groups in total. The summed E-state index contributed by atoms with van der Waals surface area (Å²) in [6.07, 6.45) is 3.54. The number of amidine groups is 1. The Kier molecular flexibility index (Phi) is 12.0. The van der Waals surface area contributed by atoms with Gasteiger partial charge in [0, 0.05) is 92.1 Å². The molecule has 274 valence electrons. The lowest BCUT2D eigenvalue weighted by molar-refractivity contribution is -0.134. The molecule has 3 amide bonds. The lowest BCUT2D eigenvalue weighted by atomic mass is 9.75. The van der Waals surface area contributed by atoms with Crippen molar-refractivity contribution >= 4 is 41.0 Å². The van der Waals surface area contributed by atoms with E-state index in [-0.39, 0.29) is 34.9 Å². The van der Waals surface area contributed by atoms with Crippen molar-refractivity contribution in [3.05, 3.63) is 93.2 Å². The highest BCUT2D eigenvalue weighted by molar-refractivity contribution is 6.30. The number of likely N-dealkylation sites (tertiary alicyclic amines) is 1. The number of pyridine rings is 1. The molecule has 2 aliphatic rings. The third kappa shape index (κ3) is 8.53. The molecule has 5 rings (SSSR count). The van der Waals surface area contributed by atoms with Crippen LogP contribution in [-0.2, 0) is 15.7 Å². The van der Waals surface area contributed by atoms with Crippen LogP contribution in [0.2, 0.25) is 10.0 Å². The van der Waals surface area contributed by atoms with E-state index >= 15 is 4.79 Å². The highest BCUT2D eigenvalue weighted by atomic mass is 35.5. The number of likely N-dealkylation sites (N-methyl/N-ethyl adjacent to an activating group) is 1. The smallest absolute Gasteiger partial charge is 0.326 e. The Hall–Kier alpha value is -3.66. The summed E-state index contributed by atoms with van der Waals surface area (Å²) >= 11 is 12.7. The van der Waals surface area contributed by atoms with Crippen molar-refractivity contribution < 1.29 is 14.7 Å². The van der Waals surface area contributed by atoms with E-state index in [1.165, 1.54) is 0 Å².